The molecule has 1 aliphatic carbocycles. The maximum Gasteiger partial charge on any atom is 0.00817 e. The first kappa shape index (κ1) is 6.41. The van der Waals surface area contributed by atoms with Crippen LogP contribution in [0.4, 0.5) is 0 Å². The van der Waals surface area contributed by atoms with Crippen LogP contribution in [0.15, 0.2) is 17.5 Å². The van der Waals surface area contributed by atoms with Crippen molar-refractivity contribution in [2.75, 3.05) is 0 Å². The van der Waals surface area contributed by atoms with E-state index in [1.165, 1.54) is 6.42 Å². The summed E-state index contributed by atoms with van der Waals surface area (Å²) in [5.74, 6) is 0.868. The average Bonchev–Trinajstić information content (AvgIpc) is 2.31. The van der Waals surface area contributed by atoms with Gasteiger partial charge < -0.3 is 0 Å². The van der Waals surface area contributed by atoms with Gasteiger partial charge in [0.25, 0.3) is 0 Å². The van der Waals surface area contributed by atoms with Gasteiger partial charge in [-0.2, -0.15) is 0 Å². The van der Waals surface area contributed by atoms with Gasteiger partial charge in [0.15, 0.2) is 0 Å². The molecule has 1 unspecified atom stereocenters. The molecule has 2 rings (SSSR count). The zero-order valence-corrected chi connectivity index (χ0v) is 7.24. The molecular formula is C9H12S. The fraction of sp³-hybridized carbons (Fsp3) is 0.556. The van der Waals surface area contributed by atoms with Gasteiger partial charge in [0.05, 0.1) is 0 Å². The number of hydrogen-bond donors (Lipinski definition) is 0. The quantitative estimate of drug-likeness (QED) is 0.579. The van der Waals surface area contributed by atoms with Gasteiger partial charge >= 0.3 is 0 Å². The Balaban J connectivity index is 2.19. The van der Waals surface area contributed by atoms with Crippen molar-refractivity contribution in [2.45, 2.75) is 26.2 Å². The number of thiophene rings is 1. The largest absolute Gasteiger partial charge is 0.149 e. The van der Waals surface area contributed by atoms with Crippen LogP contribution in [0.2, 0.25) is 0 Å². The second-order valence-corrected chi connectivity index (χ2v) is 4.74. The second kappa shape index (κ2) is 1.85. The predicted molar refractivity (Wildman–Crippen MR) is 45.5 cm³/mol. The highest BCUT2D eigenvalue weighted by Crippen LogP contribution is 2.59. The lowest BCUT2D eigenvalue weighted by Gasteiger charge is -1.97. The van der Waals surface area contributed by atoms with Gasteiger partial charge in [0.1, 0.15) is 0 Å². The fourth-order valence-corrected chi connectivity index (χ4v) is 2.48. The maximum atomic E-state index is 2.34. The Hall–Kier alpha value is -0.300. The SMILES string of the molecule is CC1(C)CC1c1cccs1. The van der Waals surface area contributed by atoms with Crippen LogP contribution in [0.5, 0.6) is 0 Å². The maximum absolute atomic E-state index is 2.34. The molecule has 0 nitrogen and oxygen atoms in total. The van der Waals surface area contributed by atoms with E-state index in [0.29, 0.717) is 5.41 Å². The Labute approximate surface area is 65.9 Å². The summed E-state index contributed by atoms with van der Waals surface area (Å²) in [5.41, 5.74) is 0.602. The van der Waals surface area contributed by atoms with Crippen molar-refractivity contribution >= 4 is 11.3 Å². The van der Waals surface area contributed by atoms with Gasteiger partial charge in [-0.15, -0.1) is 11.3 Å². The van der Waals surface area contributed by atoms with Crippen LogP contribution in [0.25, 0.3) is 0 Å². The molecule has 1 atom stereocenters. The summed E-state index contributed by atoms with van der Waals surface area (Å²) in [5, 5.41) is 2.17. The molecule has 1 aromatic heterocycles. The molecule has 1 aromatic rings. The second-order valence-electron chi connectivity index (χ2n) is 3.76. The summed E-state index contributed by atoms with van der Waals surface area (Å²) >= 11 is 1.90. The third-order valence-electron chi connectivity index (χ3n) is 2.40. The molecule has 0 aliphatic heterocycles. The van der Waals surface area contributed by atoms with E-state index in [4.69, 9.17) is 0 Å². The van der Waals surface area contributed by atoms with Crippen molar-refractivity contribution in [1.29, 1.82) is 0 Å². The molecule has 1 heterocycles. The molecule has 0 amide bonds. The molecular weight excluding hydrogens is 140 g/mol. The van der Waals surface area contributed by atoms with Gasteiger partial charge in [0.2, 0.25) is 0 Å². The summed E-state index contributed by atoms with van der Waals surface area (Å²) in [6, 6.07) is 4.40. The van der Waals surface area contributed by atoms with Crippen LogP contribution < -0.4 is 0 Å². The normalized spacial score (nSPS) is 28.4. The summed E-state index contributed by atoms with van der Waals surface area (Å²) in [6.45, 7) is 4.69. The lowest BCUT2D eigenvalue weighted by atomic mass is 10.1. The molecule has 1 heteroatoms. The zero-order valence-electron chi connectivity index (χ0n) is 6.42. The molecule has 54 valence electrons. The van der Waals surface area contributed by atoms with Crippen molar-refractivity contribution in [2.24, 2.45) is 5.41 Å². The smallest absolute Gasteiger partial charge is 0.00817 e. The predicted octanol–water partition coefficient (Wildman–Crippen LogP) is 3.26. The van der Waals surface area contributed by atoms with Gasteiger partial charge in [0, 0.05) is 4.88 Å². The zero-order chi connectivity index (χ0) is 7.19. The Morgan fingerprint density at radius 2 is 2.30 bits per heavy atom. The van der Waals surface area contributed by atoms with Gasteiger partial charge in [-0.1, -0.05) is 19.9 Å². The molecule has 0 bridgehead atoms. The molecule has 10 heavy (non-hydrogen) atoms. The van der Waals surface area contributed by atoms with Gasteiger partial charge in [-0.05, 0) is 29.2 Å². The fourth-order valence-electron chi connectivity index (χ4n) is 1.44. The average molecular weight is 152 g/mol. The Kier molecular flexibility index (Phi) is 1.19. The molecule has 1 saturated carbocycles. The standard InChI is InChI=1S/C9H12S/c1-9(2)6-7(9)8-4-3-5-10-8/h3-5,7H,6H2,1-2H3. The first-order valence-electron chi connectivity index (χ1n) is 3.73. The first-order valence-corrected chi connectivity index (χ1v) is 4.61. The Morgan fingerprint density at radius 1 is 1.60 bits per heavy atom. The van der Waals surface area contributed by atoms with Crippen molar-refractivity contribution in [3.8, 4) is 0 Å². The number of rotatable bonds is 1. The van der Waals surface area contributed by atoms with E-state index in [-0.39, 0.29) is 0 Å². The lowest BCUT2D eigenvalue weighted by Crippen LogP contribution is -1.85. The third kappa shape index (κ3) is 0.891. The van der Waals surface area contributed by atoms with E-state index >= 15 is 0 Å². The molecule has 0 aromatic carbocycles. The number of hydrogen-bond acceptors (Lipinski definition) is 1. The van der Waals surface area contributed by atoms with E-state index < -0.39 is 0 Å². The van der Waals surface area contributed by atoms with Gasteiger partial charge in [-0.3, -0.25) is 0 Å². The minimum Gasteiger partial charge on any atom is -0.149 e. The minimum absolute atomic E-state index is 0.602. The van der Waals surface area contributed by atoms with E-state index in [9.17, 15) is 0 Å². The summed E-state index contributed by atoms with van der Waals surface area (Å²) in [6.07, 6.45) is 1.38. The van der Waals surface area contributed by atoms with E-state index in [1.54, 1.807) is 4.88 Å². The van der Waals surface area contributed by atoms with Crippen LogP contribution in [0.3, 0.4) is 0 Å². The third-order valence-corrected chi connectivity index (χ3v) is 3.39. The van der Waals surface area contributed by atoms with Crippen molar-refractivity contribution in [3.63, 3.8) is 0 Å². The minimum atomic E-state index is 0.602. The van der Waals surface area contributed by atoms with Crippen LogP contribution in [-0.4, -0.2) is 0 Å². The molecule has 0 N–H and O–H groups in total. The highest BCUT2D eigenvalue weighted by atomic mass is 32.1. The van der Waals surface area contributed by atoms with Crippen LogP contribution in [0, 0.1) is 5.41 Å². The molecule has 0 saturated heterocycles. The van der Waals surface area contributed by atoms with Crippen LogP contribution in [-0.2, 0) is 0 Å². The van der Waals surface area contributed by atoms with E-state index in [2.05, 4.69) is 31.4 Å². The Morgan fingerprint density at radius 3 is 2.70 bits per heavy atom. The molecule has 0 radical (unpaired) electrons. The van der Waals surface area contributed by atoms with E-state index in [1.807, 2.05) is 11.3 Å². The summed E-state index contributed by atoms with van der Waals surface area (Å²) in [7, 11) is 0. The van der Waals surface area contributed by atoms with Gasteiger partial charge in [-0.25, -0.2) is 0 Å². The lowest BCUT2D eigenvalue weighted by molar-refractivity contribution is 0.625. The van der Waals surface area contributed by atoms with Crippen molar-refractivity contribution in [3.05, 3.63) is 22.4 Å². The van der Waals surface area contributed by atoms with Crippen molar-refractivity contribution in [1.82, 2.24) is 0 Å². The van der Waals surface area contributed by atoms with Crippen LogP contribution >= 0.6 is 11.3 Å². The molecule has 1 fully saturated rings. The highest BCUT2D eigenvalue weighted by Gasteiger charge is 2.46. The van der Waals surface area contributed by atoms with Crippen LogP contribution in [0.1, 0.15) is 31.1 Å². The molecule has 0 spiro atoms. The topological polar surface area (TPSA) is 0 Å². The molecule has 1 aliphatic rings. The highest BCUT2D eigenvalue weighted by molar-refractivity contribution is 7.10. The Bertz CT molecular complexity index is 221. The van der Waals surface area contributed by atoms with E-state index in [0.717, 1.165) is 5.92 Å². The summed E-state index contributed by atoms with van der Waals surface area (Å²) in [4.78, 5) is 1.57. The monoisotopic (exact) mass is 152 g/mol. The first-order chi connectivity index (χ1) is 4.70. The van der Waals surface area contributed by atoms with Crippen molar-refractivity contribution < 1.29 is 0 Å². The summed E-state index contributed by atoms with van der Waals surface area (Å²) < 4.78 is 0.